The highest BCUT2D eigenvalue weighted by molar-refractivity contribution is 5.91. The number of ether oxygens (including phenoxy) is 2. The smallest absolute Gasteiger partial charge is 0.338 e. The molecule has 0 spiro atoms. The van der Waals surface area contributed by atoms with Crippen LogP contribution in [0.1, 0.15) is 29.9 Å². The largest absolute Gasteiger partial charge is 0.481 e. The number of carbonyl (C=O) groups is 1. The van der Waals surface area contributed by atoms with Crippen LogP contribution in [-0.2, 0) is 9.57 Å². The molecule has 6 heteroatoms. The zero-order valence-corrected chi connectivity index (χ0v) is 10.7. The van der Waals surface area contributed by atoms with E-state index in [4.69, 9.17) is 14.3 Å². The summed E-state index contributed by atoms with van der Waals surface area (Å²) >= 11 is 0. The summed E-state index contributed by atoms with van der Waals surface area (Å²) in [4.78, 5) is 20.6. The lowest BCUT2D eigenvalue weighted by atomic mass is 10.2. The fourth-order valence-corrected chi connectivity index (χ4v) is 1.19. The number of methoxy groups -OCH3 is 1. The molecule has 0 aliphatic carbocycles. The van der Waals surface area contributed by atoms with Crippen LogP contribution in [0.3, 0.4) is 0 Å². The number of esters is 1. The van der Waals surface area contributed by atoms with Gasteiger partial charge in [-0.2, -0.15) is 0 Å². The van der Waals surface area contributed by atoms with Crippen molar-refractivity contribution in [1.29, 1.82) is 0 Å². The summed E-state index contributed by atoms with van der Waals surface area (Å²) in [6.07, 6.45) is 1.41. The van der Waals surface area contributed by atoms with Crippen molar-refractivity contribution in [2.45, 2.75) is 13.8 Å². The summed E-state index contributed by atoms with van der Waals surface area (Å²) in [7, 11) is 1.47. The predicted octanol–water partition coefficient (Wildman–Crippen LogP) is 1.64. The number of hydrogen-bond acceptors (Lipinski definition) is 6. The maximum atomic E-state index is 11.6. The molecule has 0 N–H and O–H groups in total. The van der Waals surface area contributed by atoms with Crippen LogP contribution in [0.15, 0.2) is 17.3 Å². The molecule has 0 aliphatic rings. The summed E-state index contributed by atoms with van der Waals surface area (Å²) in [5, 5.41) is 3.69. The van der Waals surface area contributed by atoms with E-state index in [1.807, 2.05) is 6.92 Å². The van der Waals surface area contributed by atoms with Gasteiger partial charge in [0.15, 0.2) is 0 Å². The van der Waals surface area contributed by atoms with Crippen LogP contribution in [0.25, 0.3) is 0 Å². The lowest BCUT2D eigenvalue weighted by molar-refractivity contribution is 0.0525. The van der Waals surface area contributed by atoms with Crippen LogP contribution in [0, 0.1) is 0 Å². The number of rotatable bonds is 6. The maximum absolute atomic E-state index is 11.6. The first-order valence-electron chi connectivity index (χ1n) is 5.59. The monoisotopic (exact) mass is 252 g/mol. The van der Waals surface area contributed by atoms with Gasteiger partial charge in [-0.15, -0.1) is 0 Å². The zero-order chi connectivity index (χ0) is 13.4. The first-order chi connectivity index (χ1) is 8.71. The Bertz CT molecular complexity index is 432. The molecule has 1 aromatic rings. The van der Waals surface area contributed by atoms with Crippen LogP contribution in [0.2, 0.25) is 0 Å². The third kappa shape index (κ3) is 4.04. The Labute approximate surface area is 106 Å². The second kappa shape index (κ2) is 7.26. The Morgan fingerprint density at radius 3 is 2.78 bits per heavy atom. The van der Waals surface area contributed by atoms with Crippen molar-refractivity contribution in [2.75, 3.05) is 20.3 Å². The van der Waals surface area contributed by atoms with Gasteiger partial charge in [-0.1, -0.05) is 5.16 Å². The van der Waals surface area contributed by atoms with E-state index in [1.54, 1.807) is 13.0 Å². The minimum atomic E-state index is -0.427. The summed E-state index contributed by atoms with van der Waals surface area (Å²) in [5.74, 6) is -0.109. The highest BCUT2D eigenvalue weighted by atomic mass is 16.6. The molecule has 1 rings (SSSR count). The Morgan fingerprint density at radius 2 is 2.17 bits per heavy atom. The molecule has 0 bridgehead atoms. The molecule has 0 radical (unpaired) electrons. The normalized spacial score (nSPS) is 10.4. The van der Waals surface area contributed by atoms with E-state index in [2.05, 4.69) is 10.1 Å². The second-order valence-corrected chi connectivity index (χ2v) is 3.20. The Balaban J connectivity index is 2.97. The van der Waals surface area contributed by atoms with Gasteiger partial charge >= 0.3 is 5.97 Å². The van der Waals surface area contributed by atoms with Gasteiger partial charge in [0.1, 0.15) is 6.61 Å². The summed E-state index contributed by atoms with van der Waals surface area (Å²) in [6, 6.07) is 3.07. The van der Waals surface area contributed by atoms with Gasteiger partial charge in [-0.05, 0) is 19.9 Å². The van der Waals surface area contributed by atoms with Crippen molar-refractivity contribution >= 4 is 12.2 Å². The van der Waals surface area contributed by atoms with Crippen molar-refractivity contribution in [1.82, 2.24) is 4.98 Å². The Hall–Kier alpha value is -2.11. The third-order valence-corrected chi connectivity index (χ3v) is 1.93. The molecule has 1 aromatic heterocycles. The fourth-order valence-electron chi connectivity index (χ4n) is 1.19. The Kier molecular flexibility index (Phi) is 5.63. The van der Waals surface area contributed by atoms with Crippen LogP contribution in [-0.4, -0.2) is 37.5 Å². The molecule has 0 aromatic carbocycles. The van der Waals surface area contributed by atoms with Gasteiger partial charge in [-0.25, -0.2) is 9.78 Å². The summed E-state index contributed by atoms with van der Waals surface area (Å²) < 4.78 is 9.92. The molecule has 0 saturated heterocycles. The molecule has 1 heterocycles. The molecule has 0 aliphatic heterocycles. The third-order valence-electron chi connectivity index (χ3n) is 1.93. The summed E-state index contributed by atoms with van der Waals surface area (Å²) in [6.45, 7) is 4.34. The molecular weight excluding hydrogens is 236 g/mol. The summed E-state index contributed by atoms with van der Waals surface area (Å²) in [5.41, 5.74) is 0.826. The fraction of sp³-hybridized carbons (Fsp3) is 0.417. The van der Waals surface area contributed by atoms with Crippen molar-refractivity contribution in [3.63, 3.8) is 0 Å². The van der Waals surface area contributed by atoms with Crippen molar-refractivity contribution in [3.8, 4) is 5.88 Å². The minimum absolute atomic E-state index is 0.311. The van der Waals surface area contributed by atoms with Crippen LogP contribution >= 0.6 is 0 Å². The van der Waals surface area contributed by atoms with Crippen LogP contribution in [0.5, 0.6) is 5.88 Å². The number of hydrogen-bond donors (Lipinski definition) is 0. The standard InChI is InChI=1S/C12H16N2O4/c1-4-17-12(15)9-6-10(8-13-18-5-2)14-11(7-9)16-3/h6-8H,4-5H2,1-3H3/b13-8+. The lowest BCUT2D eigenvalue weighted by Crippen LogP contribution is -2.07. The second-order valence-electron chi connectivity index (χ2n) is 3.20. The predicted molar refractivity (Wildman–Crippen MR) is 66.0 cm³/mol. The van der Waals surface area contributed by atoms with Crippen molar-refractivity contribution in [2.24, 2.45) is 5.16 Å². The average Bonchev–Trinajstić information content (AvgIpc) is 2.39. The van der Waals surface area contributed by atoms with Gasteiger partial charge in [0, 0.05) is 6.07 Å². The van der Waals surface area contributed by atoms with E-state index in [0.29, 0.717) is 30.4 Å². The molecule has 98 valence electrons. The van der Waals surface area contributed by atoms with Crippen molar-refractivity contribution in [3.05, 3.63) is 23.4 Å². The average molecular weight is 252 g/mol. The van der Waals surface area contributed by atoms with Gasteiger partial charge in [0.25, 0.3) is 0 Å². The highest BCUT2D eigenvalue weighted by Gasteiger charge is 2.10. The van der Waals surface area contributed by atoms with Crippen LogP contribution in [0.4, 0.5) is 0 Å². The molecule has 0 amide bonds. The number of pyridine rings is 1. The van der Waals surface area contributed by atoms with E-state index < -0.39 is 5.97 Å². The van der Waals surface area contributed by atoms with Gasteiger partial charge in [-0.3, -0.25) is 0 Å². The highest BCUT2D eigenvalue weighted by Crippen LogP contribution is 2.12. The van der Waals surface area contributed by atoms with Gasteiger partial charge in [0.2, 0.25) is 5.88 Å². The van der Waals surface area contributed by atoms with E-state index in [9.17, 15) is 4.79 Å². The van der Waals surface area contributed by atoms with Gasteiger partial charge < -0.3 is 14.3 Å². The molecule has 0 unspecified atom stereocenters. The van der Waals surface area contributed by atoms with E-state index in [-0.39, 0.29) is 0 Å². The number of aromatic nitrogens is 1. The first-order valence-corrected chi connectivity index (χ1v) is 5.59. The number of carbonyl (C=O) groups excluding carboxylic acids is 1. The molecule has 0 atom stereocenters. The maximum Gasteiger partial charge on any atom is 0.338 e. The Morgan fingerprint density at radius 1 is 1.39 bits per heavy atom. The van der Waals surface area contributed by atoms with E-state index in [1.165, 1.54) is 19.4 Å². The molecule has 0 saturated carbocycles. The SMILES string of the molecule is CCO/N=C/c1cc(C(=O)OCC)cc(OC)n1. The molecule has 0 fully saturated rings. The molecule has 18 heavy (non-hydrogen) atoms. The molecule has 6 nitrogen and oxygen atoms in total. The van der Waals surface area contributed by atoms with Crippen LogP contribution < -0.4 is 4.74 Å². The van der Waals surface area contributed by atoms with Crippen molar-refractivity contribution < 1.29 is 19.1 Å². The quantitative estimate of drug-likeness (QED) is 0.437. The van der Waals surface area contributed by atoms with Gasteiger partial charge in [0.05, 0.1) is 31.2 Å². The lowest BCUT2D eigenvalue weighted by Gasteiger charge is -2.05. The topological polar surface area (TPSA) is 70.0 Å². The number of oxime groups is 1. The molecular formula is C12H16N2O4. The zero-order valence-electron chi connectivity index (χ0n) is 10.7. The minimum Gasteiger partial charge on any atom is -0.481 e. The van der Waals surface area contributed by atoms with E-state index >= 15 is 0 Å². The first kappa shape index (κ1) is 14.0. The number of nitrogens with zero attached hydrogens (tertiary/aromatic N) is 2. The van der Waals surface area contributed by atoms with E-state index in [0.717, 1.165) is 0 Å².